The normalized spacial score (nSPS) is 10.6. The van der Waals surface area contributed by atoms with E-state index in [1.165, 1.54) is 16.7 Å². The van der Waals surface area contributed by atoms with Crippen molar-refractivity contribution in [3.05, 3.63) is 57.8 Å². The van der Waals surface area contributed by atoms with Crippen molar-refractivity contribution in [3.63, 3.8) is 0 Å². The molecule has 2 aromatic rings. The molecule has 17 heavy (non-hydrogen) atoms. The van der Waals surface area contributed by atoms with Crippen LogP contribution >= 0.6 is 11.3 Å². The number of methoxy groups -OCH3 is 1. The van der Waals surface area contributed by atoms with Gasteiger partial charge in [0.15, 0.2) is 0 Å². The quantitative estimate of drug-likeness (QED) is 0.846. The predicted octanol–water partition coefficient (Wildman–Crippen LogP) is 3.18. The molecule has 0 fully saturated rings. The highest BCUT2D eigenvalue weighted by molar-refractivity contribution is 7.07. The molecule has 0 aliphatic carbocycles. The molecule has 0 bridgehead atoms. The zero-order chi connectivity index (χ0) is 11.9. The summed E-state index contributed by atoms with van der Waals surface area (Å²) in [6.07, 6.45) is 0. The summed E-state index contributed by atoms with van der Waals surface area (Å²) in [4.78, 5) is 0. The Balaban J connectivity index is 1.89. The molecule has 0 spiro atoms. The van der Waals surface area contributed by atoms with Crippen LogP contribution in [0.4, 0.5) is 0 Å². The third-order valence-corrected chi connectivity index (χ3v) is 3.37. The SMILES string of the molecule is COCc1ccccc1CNCc1ccsc1. The lowest BCUT2D eigenvalue weighted by molar-refractivity contribution is 0.184. The second-order valence-electron chi connectivity index (χ2n) is 3.94. The Kier molecular flexibility index (Phi) is 4.74. The van der Waals surface area contributed by atoms with E-state index in [9.17, 15) is 0 Å². The fourth-order valence-corrected chi connectivity index (χ4v) is 2.43. The molecule has 2 rings (SSSR count). The molecule has 0 saturated carbocycles. The van der Waals surface area contributed by atoms with Crippen molar-refractivity contribution in [2.24, 2.45) is 0 Å². The van der Waals surface area contributed by atoms with E-state index in [0.717, 1.165) is 13.1 Å². The van der Waals surface area contributed by atoms with Crippen molar-refractivity contribution in [1.82, 2.24) is 5.32 Å². The molecule has 1 heterocycles. The molecular weight excluding hydrogens is 230 g/mol. The van der Waals surface area contributed by atoms with Gasteiger partial charge in [0.05, 0.1) is 6.61 Å². The van der Waals surface area contributed by atoms with Crippen LogP contribution in [0, 0.1) is 0 Å². The van der Waals surface area contributed by atoms with Crippen LogP contribution in [0.25, 0.3) is 0 Å². The Morgan fingerprint density at radius 3 is 2.65 bits per heavy atom. The molecule has 2 nitrogen and oxygen atoms in total. The molecule has 0 radical (unpaired) electrons. The molecule has 1 N–H and O–H groups in total. The van der Waals surface area contributed by atoms with E-state index in [2.05, 4.69) is 46.4 Å². The number of benzene rings is 1. The van der Waals surface area contributed by atoms with Crippen LogP contribution in [0.2, 0.25) is 0 Å². The molecular formula is C14H17NOS. The number of hydrogen-bond donors (Lipinski definition) is 1. The van der Waals surface area contributed by atoms with Gasteiger partial charge >= 0.3 is 0 Å². The molecule has 0 saturated heterocycles. The van der Waals surface area contributed by atoms with Crippen molar-refractivity contribution >= 4 is 11.3 Å². The molecule has 0 amide bonds. The van der Waals surface area contributed by atoms with Gasteiger partial charge in [-0.25, -0.2) is 0 Å². The molecule has 1 aromatic carbocycles. The summed E-state index contributed by atoms with van der Waals surface area (Å²) in [6, 6.07) is 10.5. The second kappa shape index (κ2) is 6.55. The first kappa shape index (κ1) is 12.3. The first-order valence-electron chi connectivity index (χ1n) is 5.67. The Labute approximate surface area is 106 Å². The summed E-state index contributed by atoms with van der Waals surface area (Å²) >= 11 is 1.74. The van der Waals surface area contributed by atoms with Crippen LogP contribution < -0.4 is 5.32 Å². The number of thiophene rings is 1. The summed E-state index contributed by atoms with van der Waals surface area (Å²) in [5.41, 5.74) is 3.91. The fraction of sp³-hybridized carbons (Fsp3) is 0.286. The average Bonchev–Trinajstić information content (AvgIpc) is 2.85. The average molecular weight is 247 g/mol. The Morgan fingerprint density at radius 1 is 1.12 bits per heavy atom. The molecule has 0 atom stereocenters. The van der Waals surface area contributed by atoms with Crippen LogP contribution in [0.15, 0.2) is 41.1 Å². The van der Waals surface area contributed by atoms with E-state index >= 15 is 0 Å². The van der Waals surface area contributed by atoms with Gasteiger partial charge in [-0.05, 0) is 33.5 Å². The van der Waals surface area contributed by atoms with Crippen molar-refractivity contribution in [1.29, 1.82) is 0 Å². The fourth-order valence-electron chi connectivity index (χ4n) is 1.76. The lowest BCUT2D eigenvalue weighted by Gasteiger charge is -2.09. The number of hydrogen-bond acceptors (Lipinski definition) is 3. The highest BCUT2D eigenvalue weighted by Crippen LogP contribution is 2.10. The molecule has 0 aliphatic heterocycles. The topological polar surface area (TPSA) is 21.3 Å². The highest BCUT2D eigenvalue weighted by atomic mass is 32.1. The summed E-state index contributed by atoms with van der Waals surface area (Å²) in [6.45, 7) is 2.48. The maximum atomic E-state index is 5.19. The first-order valence-corrected chi connectivity index (χ1v) is 6.62. The van der Waals surface area contributed by atoms with Crippen LogP contribution in [0.1, 0.15) is 16.7 Å². The van der Waals surface area contributed by atoms with E-state index in [0.29, 0.717) is 6.61 Å². The maximum Gasteiger partial charge on any atom is 0.0716 e. The van der Waals surface area contributed by atoms with Crippen LogP contribution in [-0.2, 0) is 24.4 Å². The maximum absolute atomic E-state index is 5.19. The Bertz CT molecular complexity index is 439. The van der Waals surface area contributed by atoms with Gasteiger partial charge in [0.2, 0.25) is 0 Å². The third kappa shape index (κ3) is 3.66. The zero-order valence-corrected chi connectivity index (χ0v) is 10.8. The van der Waals surface area contributed by atoms with Crippen LogP contribution in [-0.4, -0.2) is 7.11 Å². The molecule has 0 aliphatic rings. The Morgan fingerprint density at radius 2 is 1.94 bits per heavy atom. The van der Waals surface area contributed by atoms with Gasteiger partial charge in [-0.3, -0.25) is 0 Å². The summed E-state index contributed by atoms with van der Waals surface area (Å²) in [7, 11) is 1.73. The third-order valence-electron chi connectivity index (χ3n) is 2.64. The van der Waals surface area contributed by atoms with Gasteiger partial charge in [0, 0.05) is 20.2 Å². The van der Waals surface area contributed by atoms with Gasteiger partial charge in [0.1, 0.15) is 0 Å². The first-order chi connectivity index (χ1) is 8.40. The van der Waals surface area contributed by atoms with E-state index in [-0.39, 0.29) is 0 Å². The Hall–Kier alpha value is -1.16. The van der Waals surface area contributed by atoms with Crippen LogP contribution in [0.3, 0.4) is 0 Å². The molecule has 90 valence electrons. The number of ether oxygens (including phenoxy) is 1. The summed E-state index contributed by atoms with van der Waals surface area (Å²) in [5.74, 6) is 0. The smallest absolute Gasteiger partial charge is 0.0716 e. The van der Waals surface area contributed by atoms with E-state index in [1.807, 2.05) is 0 Å². The van der Waals surface area contributed by atoms with Gasteiger partial charge in [-0.2, -0.15) is 11.3 Å². The predicted molar refractivity (Wildman–Crippen MR) is 72.0 cm³/mol. The lowest BCUT2D eigenvalue weighted by atomic mass is 10.1. The standard InChI is InChI=1S/C14H17NOS/c1-16-10-14-5-3-2-4-13(14)9-15-8-12-6-7-17-11-12/h2-7,11,15H,8-10H2,1H3. The minimum absolute atomic E-state index is 0.677. The number of rotatable bonds is 6. The van der Waals surface area contributed by atoms with E-state index in [4.69, 9.17) is 4.74 Å². The van der Waals surface area contributed by atoms with E-state index < -0.39 is 0 Å². The minimum Gasteiger partial charge on any atom is -0.380 e. The minimum atomic E-state index is 0.677. The van der Waals surface area contributed by atoms with Gasteiger partial charge in [0.25, 0.3) is 0 Å². The van der Waals surface area contributed by atoms with Crippen molar-refractivity contribution in [2.75, 3.05) is 7.11 Å². The molecule has 1 aromatic heterocycles. The number of nitrogens with one attached hydrogen (secondary N) is 1. The monoisotopic (exact) mass is 247 g/mol. The van der Waals surface area contributed by atoms with Crippen LogP contribution in [0.5, 0.6) is 0 Å². The second-order valence-corrected chi connectivity index (χ2v) is 4.72. The van der Waals surface area contributed by atoms with Gasteiger partial charge in [-0.15, -0.1) is 0 Å². The lowest BCUT2D eigenvalue weighted by Crippen LogP contribution is -2.13. The summed E-state index contributed by atoms with van der Waals surface area (Å²) in [5, 5.41) is 7.74. The molecule has 0 unspecified atom stereocenters. The van der Waals surface area contributed by atoms with Crippen molar-refractivity contribution < 1.29 is 4.74 Å². The van der Waals surface area contributed by atoms with E-state index in [1.54, 1.807) is 18.4 Å². The largest absolute Gasteiger partial charge is 0.380 e. The highest BCUT2D eigenvalue weighted by Gasteiger charge is 2.01. The molecule has 3 heteroatoms. The summed E-state index contributed by atoms with van der Waals surface area (Å²) < 4.78 is 5.19. The van der Waals surface area contributed by atoms with Crippen molar-refractivity contribution in [3.8, 4) is 0 Å². The van der Waals surface area contributed by atoms with Crippen molar-refractivity contribution in [2.45, 2.75) is 19.7 Å². The van der Waals surface area contributed by atoms with Gasteiger partial charge in [-0.1, -0.05) is 24.3 Å². The zero-order valence-electron chi connectivity index (χ0n) is 9.98. The van der Waals surface area contributed by atoms with Gasteiger partial charge < -0.3 is 10.1 Å².